The number of halogens is 2. The number of unbranched alkanes of at least 4 members (excludes halogenated alkanes) is 2. The predicted octanol–water partition coefficient (Wildman–Crippen LogP) is 8.46. The van der Waals surface area contributed by atoms with Crippen molar-refractivity contribution in [1.82, 2.24) is 35.6 Å². The van der Waals surface area contributed by atoms with Crippen molar-refractivity contribution < 1.29 is 85.6 Å². The number of ether oxygens (including phenoxy) is 3. The number of anilines is 1. The molecule has 28 heteroatoms. The molecule has 4 rings (SSSR count). The number of urea groups is 1. The zero-order valence-corrected chi connectivity index (χ0v) is 62.1. The second-order valence-corrected chi connectivity index (χ2v) is 29.0. The molecule has 0 spiro atoms. The van der Waals surface area contributed by atoms with Gasteiger partial charge in [-0.3, -0.25) is 52.8 Å². The van der Waals surface area contributed by atoms with Crippen LogP contribution < -0.4 is 27.0 Å². The molecular formula is C73H111F2N9O16S. The lowest BCUT2D eigenvalue weighted by molar-refractivity contribution is -0.149. The van der Waals surface area contributed by atoms with E-state index < -0.39 is 107 Å². The van der Waals surface area contributed by atoms with Crippen molar-refractivity contribution in [3.63, 3.8) is 0 Å². The highest BCUT2D eigenvalue weighted by atomic mass is 32.2. The summed E-state index contributed by atoms with van der Waals surface area (Å²) in [6.07, 6.45) is 1.27. The van der Waals surface area contributed by atoms with Crippen LogP contribution in [0.2, 0.25) is 0 Å². The van der Waals surface area contributed by atoms with E-state index >= 15 is 0 Å². The van der Waals surface area contributed by atoms with E-state index in [-0.39, 0.29) is 142 Å². The molecule has 25 nitrogen and oxygen atoms in total. The van der Waals surface area contributed by atoms with Crippen LogP contribution in [0.3, 0.4) is 0 Å². The molecular weight excluding hydrogens is 1330 g/mol. The van der Waals surface area contributed by atoms with Crippen LogP contribution in [0.15, 0.2) is 42.5 Å². The van der Waals surface area contributed by atoms with Crippen molar-refractivity contribution in [2.24, 2.45) is 47.2 Å². The molecule has 1 unspecified atom stereocenters. The molecule has 564 valence electrons. The number of amides is 10. The molecule has 2 heterocycles. The number of nitrogens with zero attached hydrogens (tertiary/aromatic N) is 4. The van der Waals surface area contributed by atoms with Gasteiger partial charge in [0, 0.05) is 110 Å². The Kier molecular flexibility index (Phi) is 36.3. The van der Waals surface area contributed by atoms with Crippen LogP contribution in [-0.2, 0) is 75.2 Å². The Morgan fingerprint density at radius 1 is 0.762 bits per heavy atom. The minimum atomic E-state index is -0.995. The van der Waals surface area contributed by atoms with Gasteiger partial charge >= 0.3 is 18.1 Å². The number of thioether (sulfide) groups is 1. The summed E-state index contributed by atoms with van der Waals surface area (Å²) < 4.78 is 46.3. The number of primary amides is 1. The maximum Gasteiger partial charge on any atom is 0.410 e. The number of imide groups is 1. The van der Waals surface area contributed by atoms with Crippen LogP contribution in [0, 0.1) is 53.1 Å². The predicted molar refractivity (Wildman–Crippen MR) is 378 cm³/mol. The van der Waals surface area contributed by atoms with E-state index in [1.165, 1.54) is 48.9 Å². The lowest BCUT2D eigenvalue weighted by Gasteiger charge is -2.41. The number of Topliss-reactive ketones (excluding diaryl/α,β-unsaturated/α-hetero) is 2. The number of nitrogens with one attached hydrogen (secondary N) is 4. The number of ketones is 2. The summed E-state index contributed by atoms with van der Waals surface area (Å²) in [5, 5.41) is 19.3. The first-order valence-corrected chi connectivity index (χ1v) is 36.5. The molecule has 2 aromatic rings. The van der Waals surface area contributed by atoms with Crippen LogP contribution in [-0.4, -0.2) is 198 Å². The van der Waals surface area contributed by atoms with Crippen LogP contribution in [0.5, 0.6) is 0 Å². The van der Waals surface area contributed by atoms with Gasteiger partial charge in [-0.25, -0.2) is 18.4 Å². The van der Waals surface area contributed by atoms with E-state index in [1.54, 1.807) is 75.7 Å². The SMILES string of the molecule is CC[C@H](C)[C@@H]([C@@H](CC(=O)N1CCC[C@H]1[C@H](OC)[C@@H](C)C(=O)NCCc1c(F)cccc1F)OC)N(C)C(=O)[C@@H](CC(=O)[C@H](C(C)C)N(C)C(=O)OCc1ccc(NC(=O)[C@H](CCCNC(N)=O)CC(=O)[C@@H](NC(=O)CCCCCN2C(=O)CC(SCCCC(=O)O)C2=O)C(C)C)cc1)C(C)C. The molecule has 11 atom stereocenters. The van der Waals surface area contributed by atoms with Crippen molar-refractivity contribution in [2.75, 3.05) is 65.6 Å². The number of likely N-dealkylation sites (N-methyl/N-ethyl adjacent to an activating group) is 2. The number of rotatable bonds is 45. The van der Waals surface area contributed by atoms with Gasteiger partial charge in [-0.15, -0.1) is 11.8 Å². The highest BCUT2D eigenvalue weighted by molar-refractivity contribution is 8.00. The molecule has 2 aliphatic heterocycles. The number of hydrogen-bond acceptors (Lipinski definition) is 16. The maximum absolute atomic E-state index is 14.9. The summed E-state index contributed by atoms with van der Waals surface area (Å²) >= 11 is 1.28. The van der Waals surface area contributed by atoms with E-state index in [2.05, 4.69) is 21.3 Å². The summed E-state index contributed by atoms with van der Waals surface area (Å²) in [5.41, 5.74) is 6.04. The Hall–Kier alpha value is -7.59. The largest absolute Gasteiger partial charge is 0.481 e. The summed E-state index contributed by atoms with van der Waals surface area (Å²) in [6, 6.07) is 6.27. The zero-order valence-electron chi connectivity index (χ0n) is 61.3. The molecule has 7 N–H and O–H groups in total. The fourth-order valence-electron chi connectivity index (χ4n) is 13.4. The van der Waals surface area contributed by atoms with Gasteiger partial charge in [0.05, 0.1) is 54.0 Å². The third-order valence-electron chi connectivity index (χ3n) is 19.3. The zero-order chi connectivity index (χ0) is 75.4. The third kappa shape index (κ3) is 26.3. The fraction of sp³-hybridized carbons (Fsp3) is 0.671. The average molecular weight is 1440 g/mol. The first-order valence-electron chi connectivity index (χ1n) is 35.5. The average Bonchev–Trinajstić information content (AvgIpc) is 1.77. The van der Waals surface area contributed by atoms with E-state index in [4.69, 9.17) is 25.1 Å². The molecule has 2 fully saturated rings. The van der Waals surface area contributed by atoms with Crippen molar-refractivity contribution in [1.29, 1.82) is 0 Å². The van der Waals surface area contributed by atoms with Crippen molar-refractivity contribution in [2.45, 2.75) is 213 Å². The van der Waals surface area contributed by atoms with Gasteiger partial charge in [0.2, 0.25) is 41.4 Å². The first-order chi connectivity index (χ1) is 47.8. The number of aliphatic carboxylic acids is 1. The number of benzene rings is 2. The van der Waals surface area contributed by atoms with E-state index in [9.17, 15) is 66.3 Å². The summed E-state index contributed by atoms with van der Waals surface area (Å²) in [6.45, 7) is 16.9. The second kappa shape index (κ2) is 42.7. The fourth-order valence-corrected chi connectivity index (χ4v) is 14.5. The van der Waals surface area contributed by atoms with E-state index in [1.807, 2.05) is 27.7 Å². The lowest BCUT2D eigenvalue weighted by atomic mass is 9.83. The number of carbonyl (C=O) groups is 12. The molecule has 0 saturated carbocycles. The Morgan fingerprint density at radius 2 is 1.44 bits per heavy atom. The molecule has 0 aliphatic carbocycles. The van der Waals surface area contributed by atoms with Gasteiger partial charge in [-0.1, -0.05) is 93.4 Å². The molecule has 2 saturated heterocycles. The smallest absolute Gasteiger partial charge is 0.410 e. The highest BCUT2D eigenvalue weighted by Crippen LogP contribution is 2.33. The minimum absolute atomic E-state index is 0.0178. The van der Waals surface area contributed by atoms with E-state index in [0.717, 1.165) is 12.1 Å². The monoisotopic (exact) mass is 1440 g/mol. The minimum Gasteiger partial charge on any atom is -0.481 e. The number of likely N-dealkylation sites (tertiary alicyclic amines) is 2. The van der Waals surface area contributed by atoms with Crippen molar-refractivity contribution in [3.05, 3.63) is 65.2 Å². The number of methoxy groups -OCH3 is 2. The van der Waals surface area contributed by atoms with Gasteiger partial charge in [0.25, 0.3) is 0 Å². The van der Waals surface area contributed by atoms with Crippen molar-refractivity contribution in [3.8, 4) is 0 Å². The van der Waals surface area contributed by atoms with Gasteiger partial charge < -0.3 is 61.0 Å². The Morgan fingerprint density at radius 3 is 2.03 bits per heavy atom. The highest BCUT2D eigenvalue weighted by Gasteiger charge is 2.44. The molecule has 2 aliphatic rings. The maximum atomic E-state index is 14.9. The molecule has 10 amide bonds. The van der Waals surface area contributed by atoms with Gasteiger partial charge in [0.15, 0.2) is 11.6 Å². The summed E-state index contributed by atoms with van der Waals surface area (Å²) in [4.78, 5) is 166. The third-order valence-corrected chi connectivity index (χ3v) is 20.6. The van der Waals surface area contributed by atoms with Crippen LogP contribution in [0.25, 0.3) is 0 Å². The normalized spacial score (nSPS) is 17.3. The number of carbonyl (C=O) groups excluding carboxylic acids is 11. The van der Waals surface area contributed by atoms with Crippen LogP contribution in [0.1, 0.15) is 170 Å². The molecule has 2 aromatic carbocycles. The number of carboxylic acid groups (broad SMARTS) is 1. The van der Waals surface area contributed by atoms with Crippen molar-refractivity contribution >= 4 is 88.5 Å². The van der Waals surface area contributed by atoms with Crippen LogP contribution >= 0.6 is 11.8 Å². The Labute approximate surface area is 598 Å². The topological polar surface area (TPSA) is 340 Å². The number of carboxylic acids is 1. The van der Waals surface area contributed by atoms with Gasteiger partial charge in [0.1, 0.15) is 18.2 Å². The standard InChI is InChI=1S/C73H111F2N9O16S/c1-14-46(8)66(58(98-12)40-61(88)83-36-20-25-55(83)67(99-13)47(9)68(92)77-34-32-51-53(74)23-18-24-54(51)75)81(10)70(94)52(43(2)3)39-57(86)65(45(6)7)82(11)73(97)100-42-48-28-30-50(31-29-48)79-69(93)49(22-19-33-78-72(76)96)38-56(85)64(44(4)5)80-60(87)26-16-15-17-35-84-62(89)41-59(71(84)95)101-37-21-27-63(90)91/h18,23-24,28-31,43-47,49,52,55,58-59,64-67H,14-17,19-22,25-27,32-42H2,1-13H3,(H,77,92)(H,79,93)(H,80,87)(H,90,91)(H3,76,78,96)/t46-,47+,49+,52-,55-,58+,59?,64-,65-,66-,67+/m0/s1. The molecule has 0 bridgehead atoms. The summed E-state index contributed by atoms with van der Waals surface area (Å²) in [5.74, 6) is -8.80. The van der Waals surface area contributed by atoms with Gasteiger partial charge in [-0.2, -0.15) is 0 Å². The van der Waals surface area contributed by atoms with E-state index in [0.29, 0.717) is 74.9 Å². The number of nitrogens with two attached hydrogens (primary N) is 1. The summed E-state index contributed by atoms with van der Waals surface area (Å²) in [7, 11) is 6.07. The van der Waals surface area contributed by atoms with Crippen LogP contribution in [0.4, 0.5) is 24.1 Å². The Balaban J connectivity index is 1.35. The molecule has 0 radical (unpaired) electrons. The quantitative estimate of drug-likeness (QED) is 0.0267. The Bertz CT molecular complexity index is 3100. The molecule has 101 heavy (non-hydrogen) atoms. The van der Waals surface area contributed by atoms with Gasteiger partial charge in [-0.05, 0) is 111 Å². The number of hydrogen-bond donors (Lipinski definition) is 6. The lowest BCUT2D eigenvalue weighted by Crippen LogP contribution is -2.54. The first kappa shape index (κ1) is 85.8. The second-order valence-electron chi connectivity index (χ2n) is 27.7. The molecule has 0 aromatic heterocycles.